The van der Waals surface area contributed by atoms with Crippen molar-refractivity contribution in [2.24, 2.45) is 0 Å². The fraction of sp³-hybridized carbons (Fsp3) is 0.815. The summed E-state index contributed by atoms with van der Waals surface area (Å²) >= 11 is 0. The lowest BCUT2D eigenvalue weighted by atomic mass is 10.0. The number of phosphoric acid groups is 1. The number of hydrogen-bond donors (Lipinski definition) is 1. The Morgan fingerprint density at radius 2 is 0.810 bits per heavy atom. The predicted molar refractivity (Wildman–Crippen MR) is 267 cm³/mol. The van der Waals surface area contributed by atoms with Gasteiger partial charge < -0.3 is 14.4 Å². The van der Waals surface area contributed by atoms with Gasteiger partial charge in [-0.05, 0) is 58.3 Å². The van der Waals surface area contributed by atoms with Crippen LogP contribution in [0.5, 0.6) is 0 Å². The molecule has 2 unspecified atom stereocenters. The van der Waals surface area contributed by atoms with Gasteiger partial charge in [0.05, 0.1) is 13.2 Å². The van der Waals surface area contributed by atoms with Gasteiger partial charge in [-0.15, -0.1) is 0 Å². The van der Waals surface area contributed by atoms with Crippen LogP contribution >= 0.6 is 7.82 Å². The minimum atomic E-state index is -4.29. The molecule has 0 aliphatic heterocycles. The van der Waals surface area contributed by atoms with Gasteiger partial charge in [-0.3, -0.25) is 18.6 Å². The van der Waals surface area contributed by atoms with E-state index in [2.05, 4.69) is 62.5 Å². The number of rotatable bonds is 49. The first-order chi connectivity index (χ1) is 30.8. The lowest BCUT2D eigenvalue weighted by Crippen LogP contribution is -2.29. The van der Waals surface area contributed by atoms with Crippen LogP contribution in [0.15, 0.2) is 48.6 Å². The molecule has 0 amide bonds. The van der Waals surface area contributed by atoms with E-state index in [1.54, 1.807) is 6.92 Å². The Labute approximate surface area is 388 Å². The predicted octanol–water partition coefficient (Wildman–Crippen LogP) is 17.3. The molecule has 8 nitrogen and oxygen atoms in total. The summed E-state index contributed by atoms with van der Waals surface area (Å²) in [6.45, 7) is 5.40. The van der Waals surface area contributed by atoms with Gasteiger partial charge in [0.1, 0.15) is 6.61 Å². The minimum Gasteiger partial charge on any atom is -0.462 e. The number of carbonyl (C=O) groups is 2. The summed E-state index contributed by atoms with van der Waals surface area (Å²) in [5.74, 6) is -0.796. The molecule has 63 heavy (non-hydrogen) atoms. The van der Waals surface area contributed by atoms with Gasteiger partial charge in [-0.25, -0.2) is 4.57 Å². The molecule has 0 fully saturated rings. The lowest BCUT2D eigenvalue weighted by molar-refractivity contribution is -0.161. The average molecular weight is 907 g/mol. The largest absolute Gasteiger partial charge is 0.472 e. The van der Waals surface area contributed by atoms with Crippen molar-refractivity contribution in [2.75, 3.05) is 19.8 Å². The topological polar surface area (TPSA) is 108 Å². The van der Waals surface area contributed by atoms with Crippen molar-refractivity contribution in [3.63, 3.8) is 0 Å². The Morgan fingerprint density at radius 3 is 1.22 bits per heavy atom. The van der Waals surface area contributed by atoms with Crippen LogP contribution in [0.3, 0.4) is 0 Å². The van der Waals surface area contributed by atoms with Crippen LogP contribution in [-0.2, 0) is 32.7 Å². The highest BCUT2D eigenvalue weighted by Crippen LogP contribution is 2.43. The van der Waals surface area contributed by atoms with Crippen molar-refractivity contribution in [1.82, 2.24) is 0 Å². The number of hydrogen-bond acceptors (Lipinski definition) is 7. The maximum Gasteiger partial charge on any atom is 0.472 e. The van der Waals surface area contributed by atoms with Crippen molar-refractivity contribution >= 4 is 19.8 Å². The number of allylic oxidation sites excluding steroid dienone is 8. The molecule has 0 saturated carbocycles. The Morgan fingerprint density at radius 1 is 0.444 bits per heavy atom. The number of carbonyl (C=O) groups excluding carboxylic acids is 2. The molecule has 0 aromatic rings. The molecule has 0 aliphatic carbocycles. The van der Waals surface area contributed by atoms with Gasteiger partial charge in [0, 0.05) is 12.8 Å². The summed E-state index contributed by atoms with van der Waals surface area (Å²) < 4.78 is 32.8. The first-order valence-electron chi connectivity index (χ1n) is 26.4. The highest BCUT2D eigenvalue weighted by atomic mass is 31.2. The average Bonchev–Trinajstić information content (AvgIpc) is 3.26. The van der Waals surface area contributed by atoms with Crippen molar-refractivity contribution in [3.05, 3.63) is 48.6 Å². The van der Waals surface area contributed by atoms with Gasteiger partial charge >= 0.3 is 19.8 Å². The number of phosphoric ester groups is 1. The highest BCUT2D eigenvalue weighted by Gasteiger charge is 2.25. The van der Waals surface area contributed by atoms with Crippen LogP contribution in [0.1, 0.15) is 258 Å². The van der Waals surface area contributed by atoms with Crippen molar-refractivity contribution in [2.45, 2.75) is 264 Å². The van der Waals surface area contributed by atoms with E-state index in [4.69, 9.17) is 18.5 Å². The van der Waals surface area contributed by atoms with Gasteiger partial charge in [0.2, 0.25) is 0 Å². The van der Waals surface area contributed by atoms with Crippen LogP contribution < -0.4 is 0 Å². The first kappa shape index (κ1) is 61.0. The Kier molecular flexibility index (Phi) is 47.9. The van der Waals surface area contributed by atoms with E-state index in [0.717, 1.165) is 70.6 Å². The molecular formula is C54H99O8P. The molecule has 9 heteroatoms. The molecule has 368 valence electrons. The number of ether oxygens (including phenoxy) is 2. The van der Waals surface area contributed by atoms with Crippen molar-refractivity contribution in [3.8, 4) is 0 Å². The summed E-state index contributed by atoms with van der Waals surface area (Å²) in [6, 6.07) is 0. The van der Waals surface area contributed by atoms with E-state index in [0.29, 0.717) is 12.8 Å². The summed E-state index contributed by atoms with van der Waals surface area (Å²) in [6.07, 6.45) is 60.4. The van der Waals surface area contributed by atoms with Crippen molar-refractivity contribution in [1.29, 1.82) is 0 Å². The second-order valence-electron chi connectivity index (χ2n) is 17.5. The molecule has 0 heterocycles. The minimum absolute atomic E-state index is 0.00120. The fourth-order valence-electron chi connectivity index (χ4n) is 7.56. The molecule has 0 aromatic carbocycles. The second-order valence-corrected chi connectivity index (χ2v) is 19.0. The molecule has 0 rings (SSSR count). The van der Waals surface area contributed by atoms with E-state index >= 15 is 0 Å². The van der Waals surface area contributed by atoms with Crippen LogP contribution in [-0.4, -0.2) is 42.8 Å². The standard InChI is InChI=1S/C54H99O8P/c1-4-7-9-11-13-15-17-19-21-23-25-27-29-30-32-34-36-38-40-42-44-46-48-53(55)59-50-52(51-61-63(57,58)60-6-3)62-54(56)49-47-45-43-41-39-37-35-33-31-28-26-24-22-20-18-16-14-12-10-8-5-2/h8,10,14,16,20,22,26,28,52H,4-7,9,11-13,15,17-19,21,23-25,27,29-51H2,1-3H3,(H,57,58)/b10-8-,16-14-,22-20-,28-26-. The zero-order valence-corrected chi connectivity index (χ0v) is 42.1. The molecule has 0 spiro atoms. The third-order valence-electron chi connectivity index (χ3n) is 11.4. The summed E-state index contributed by atoms with van der Waals surface area (Å²) in [5, 5.41) is 0. The molecule has 0 radical (unpaired) electrons. The molecule has 2 atom stereocenters. The number of unbranched alkanes of at least 4 members (excludes halogenated alkanes) is 29. The lowest BCUT2D eigenvalue weighted by Gasteiger charge is -2.19. The number of esters is 2. The normalized spacial score (nSPS) is 13.5. The molecule has 0 aliphatic rings. The van der Waals surface area contributed by atoms with Gasteiger partial charge in [0.15, 0.2) is 6.10 Å². The summed E-state index contributed by atoms with van der Waals surface area (Å²) in [7, 11) is -4.29. The monoisotopic (exact) mass is 907 g/mol. The second kappa shape index (κ2) is 49.4. The van der Waals surface area contributed by atoms with E-state index in [-0.39, 0.29) is 25.6 Å². The van der Waals surface area contributed by atoms with Gasteiger partial charge in [-0.1, -0.05) is 236 Å². The molecule has 1 N–H and O–H groups in total. The Hall–Kier alpha value is -1.99. The van der Waals surface area contributed by atoms with Crippen LogP contribution in [0.2, 0.25) is 0 Å². The molecule has 0 bridgehead atoms. The summed E-state index contributed by atoms with van der Waals surface area (Å²) in [4.78, 5) is 35.0. The van der Waals surface area contributed by atoms with Crippen LogP contribution in [0.25, 0.3) is 0 Å². The zero-order valence-electron chi connectivity index (χ0n) is 41.2. The van der Waals surface area contributed by atoms with Gasteiger partial charge in [-0.2, -0.15) is 0 Å². The quantitative estimate of drug-likeness (QED) is 0.0278. The first-order valence-corrected chi connectivity index (χ1v) is 27.9. The highest BCUT2D eigenvalue weighted by molar-refractivity contribution is 7.47. The third kappa shape index (κ3) is 49.3. The molecule has 0 aromatic heterocycles. The van der Waals surface area contributed by atoms with Crippen molar-refractivity contribution < 1.29 is 37.6 Å². The maximum atomic E-state index is 12.6. The van der Waals surface area contributed by atoms with E-state index in [1.807, 2.05) is 0 Å². The van der Waals surface area contributed by atoms with E-state index in [1.165, 1.54) is 148 Å². The SMILES string of the molecule is CC/C=C\C/C=C\C/C=C\C/C=C\CCCCCCCCCCC(=O)OC(COC(=O)CCCCCCCCCCCCCCCCCCCCCCCC)COP(=O)(O)OCC. The molecular weight excluding hydrogens is 808 g/mol. The van der Waals surface area contributed by atoms with E-state index < -0.39 is 26.5 Å². The van der Waals surface area contributed by atoms with Gasteiger partial charge in [0.25, 0.3) is 0 Å². The van der Waals surface area contributed by atoms with E-state index in [9.17, 15) is 19.0 Å². The molecule has 0 saturated heterocycles. The third-order valence-corrected chi connectivity index (χ3v) is 12.5. The Balaban J connectivity index is 3.95. The van der Waals surface area contributed by atoms with Crippen LogP contribution in [0, 0.1) is 0 Å². The summed E-state index contributed by atoms with van der Waals surface area (Å²) in [5.41, 5.74) is 0. The fourth-order valence-corrected chi connectivity index (χ4v) is 8.32. The van der Waals surface area contributed by atoms with Crippen LogP contribution in [0.4, 0.5) is 0 Å². The smallest absolute Gasteiger partial charge is 0.462 e. The maximum absolute atomic E-state index is 12.6. The zero-order chi connectivity index (χ0) is 46.0. The Bertz CT molecular complexity index is 1160.